The maximum Gasteiger partial charge on any atom is 0.330 e. The van der Waals surface area contributed by atoms with Crippen LogP contribution in [0.25, 0.3) is 0 Å². The minimum atomic E-state index is -0.459. The lowest BCUT2D eigenvalue weighted by molar-refractivity contribution is -0.142. The molecule has 0 fully saturated rings. The molecule has 0 amide bonds. The van der Waals surface area contributed by atoms with Crippen LogP contribution in [0.1, 0.15) is 39.5 Å². The molecule has 1 unspecified atom stereocenters. The van der Waals surface area contributed by atoms with Gasteiger partial charge in [-0.2, -0.15) is 0 Å². The van der Waals surface area contributed by atoms with Crippen LogP contribution in [0.15, 0.2) is 49.6 Å². The van der Waals surface area contributed by atoms with E-state index in [0.717, 1.165) is 44.4 Å². The minimum Gasteiger partial charge on any atom is -0.461 e. The van der Waals surface area contributed by atoms with E-state index >= 15 is 0 Å². The van der Waals surface area contributed by atoms with Gasteiger partial charge in [0.15, 0.2) is 0 Å². The van der Waals surface area contributed by atoms with Gasteiger partial charge in [0.25, 0.3) is 0 Å². The van der Waals surface area contributed by atoms with Crippen molar-refractivity contribution >= 4 is 17.9 Å². The van der Waals surface area contributed by atoms with Crippen molar-refractivity contribution in [2.45, 2.75) is 45.6 Å². The molecule has 0 saturated carbocycles. The number of nitrogens with zero attached hydrogens (tertiary/aromatic N) is 1. The molecule has 0 radical (unpaired) electrons. The second-order valence-electron chi connectivity index (χ2n) is 6.77. The molecule has 0 bridgehead atoms. The average molecular weight is 422 g/mol. The molecular weight excluding hydrogens is 386 g/mol. The summed E-state index contributed by atoms with van der Waals surface area (Å²) in [5.74, 6) is -1.32. The van der Waals surface area contributed by atoms with Crippen LogP contribution in [0.2, 0.25) is 0 Å². The van der Waals surface area contributed by atoms with Crippen LogP contribution in [0.4, 0.5) is 0 Å². The molecule has 0 aromatic rings. The fourth-order valence-corrected chi connectivity index (χ4v) is 2.56. The van der Waals surface area contributed by atoms with Crippen molar-refractivity contribution in [3.63, 3.8) is 0 Å². The zero-order chi connectivity index (χ0) is 22.8. The van der Waals surface area contributed by atoms with Crippen molar-refractivity contribution < 1.29 is 28.6 Å². The van der Waals surface area contributed by atoms with Gasteiger partial charge in [0, 0.05) is 31.3 Å². The van der Waals surface area contributed by atoms with Gasteiger partial charge in [-0.25, -0.2) is 14.4 Å². The van der Waals surface area contributed by atoms with Crippen molar-refractivity contribution in [3.8, 4) is 0 Å². The number of hydrogen-bond donors (Lipinski definition) is 0. The molecule has 0 aliphatic heterocycles. The van der Waals surface area contributed by atoms with Gasteiger partial charge in [0.1, 0.15) is 13.2 Å². The molecule has 0 rings (SSSR count). The number of esters is 3. The first-order valence-corrected chi connectivity index (χ1v) is 10.1. The molecule has 1 atom stereocenters. The zero-order valence-electron chi connectivity index (χ0n) is 18.3. The summed E-state index contributed by atoms with van der Waals surface area (Å²) in [6.45, 7) is 16.4. The Morgan fingerprint density at radius 3 is 1.93 bits per heavy atom. The Morgan fingerprint density at radius 1 is 0.900 bits per heavy atom. The topological polar surface area (TPSA) is 82.1 Å². The molecule has 0 aromatic heterocycles. The first kappa shape index (κ1) is 27.3. The van der Waals surface area contributed by atoms with E-state index in [9.17, 15) is 14.4 Å². The lowest BCUT2D eigenvalue weighted by Crippen LogP contribution is -2.33. The maximum atomic E-state index is 11.2. The third-order valence-electron chi connectivity index (χ3n) is 4.23. The summed E-state index contributed by atoms with van der Waals surface area (Å²) in [7, 11) is 0. The summed E-state index contributed by atoms with van der Waals surface area (Å²) in [5.41, 5.74) is 1.26. The van der Waals surface area contributed by atoms with E-state index in [1.54, 1.807) is 0 Å². The number of rotatable bonds is 17. The predicted octanol–water partition coefficient (Wildman–Crippen LogP) is 3.37. The van der Waals surface area contributed by atoms with Gasteiger partial charge in [-0.1, -0.05) is 31.4 Å². The van der Waals surface area contributed by atoms with E-state index in [0.29, 0.717) is 13.1 Å². The van der Waals surface area contributed by atoms with Crippen molar-refractivity contribution in [2.24, 2.45) is 0 Å². The standard InChI is InChI=1S/C23H35NO6/c1-6-21(25)28-17-15-24(16-18-29-22(26)7-2)14-10-12-19(4)11-9-13-20(5)30-23(27)8-3/h6-8,11,20H,1-3,9-10,12-18H2,4-5H3/b19-11-. The molecule has 0 saturated heterocycles. The third-order valence-corrected chi connectivity index (χ3v) is 4.23. The van der Waals surface area contributed by atoms with Crippen LogP contribution in [0, 0.1) is 0 Å². The lowest BCUT2D eigenvalue weighted by Gasteiger charge is -2.21. The second kappa shape index (κ2) is 17.2. The van der Waals surface area contributed by atoms with E-state index in [-0.39, 0.29) is 19.3 Å². The summed E-state index contributed by atoms with van der Waals surface area (Å²) in [6.07, 6.45) is 8.84. The Hall–Kier alpha value is -2.67. The van der Waals surface area contributed by atoms with E-state index in [2.05, 4.69) is 37.6 Å². The fourth-order valence-electron chi connectivity index (χ4n) is 2.56. The van der Waals surface area contributed by atoms with Crippen molar-refractivity contribution in [3.05, 3.63) is 49.6 Å². The van der Waals surface area contributed by atoms with Gasteiger partial charge in [-0.15, -0.1) is 0 Å². The SMILES string of the molecule is C=CC(=O)OCCN(CCC/C(C)=C\CCC(C)OC(=O)C=C)CCOC(=O)C=C. The van der Waals surface area contributed by atoms with Crippen LogP contribution >= 0.6 is 0 Å². The molecule has 7 heteroatoms. The number of carbonyl (C=O) groups is 3. The predicted molar refractivity (Wildman–Crippen MR) is 117 cm³/mol. The van der Waals surface area contributed by atoms with Gasteiger partial charge in [-0.3, -0.25) is 4.90 Å². The van der Waals surface area contributed by atoms with Crippen LogP contribution in [0.5, 0.6) is 0 Å². The highest BCUT2D eigenvalue weighted by molar-refractivity contribution is 5.81. The Labute approximate surface area is 180 Å². The fraction of sp³-hybridized carbons (Fsp3) is 0.522. The molecule has 30 heavy (non-hydrogen) atoms. The molecule has 0 heterocycles. The lowest BCUT2D eigenvalue weighted by atomic mass is 10.1. The van der Waals surface area contributed by atoms with Gasteiger partial charge in [-0.05, 0) is 46.1 Å². The third kappa shape index (κ3) is 15.3. The molecule has 0 N–H and O–H groups in total. The molecular formula is C23H35NO6. The van der Waals surface area contributed by atoms with Gasteiger partial charge < -0.3 is 14.2 Å². The molecule has 0 spiro atoms. The molecule has 0 aromatic carbocycles. The summed E-state index contributed by atoms with van der Waals surface area (Å²) in [5, 5.41) is 0. The Kier molecular flexibility index (Phi) is 15.7. The molecule has 0 aliphatic rings. The molecule has 7 nitrogen and oxygen atoms in total. The summed E-state index contributed by atoms with van der Waals surface area (Å²) in [6, 6.07) is 0. The maximum absolute atomic E-state index is 11.2. The zero-order valence-corrected chi connectivity index (χ0v) is 18.3. The van der Waals surface area contributed by atoms with Crippen LogP contribution < -0.4 is 0 Å². The number of ether oxygens (including phenoxy) is 3. The summed E-state index contributed by atoms with van der Waals surface area (Å²) >= 11 is 0. The molecule has 0 aliphatic carbocycles. The van der Waals surface area contributed by atoms with Crippen molar-refractivity contribution in [1.29, 1.82) is 0 Å². The van der Waals surface area contributed by atoms with Gasteiger partial charge >= 0.3 is 17.9 Å². The van der Waals surface area contributed by atoms with Crippen LogP contribution in [-0.4, -0.2) is 61.8 Å². The van der Waals surface area contributed by atoms with E-state index < -0.39 is 17.9 Å². The van der Waals surface area contributed by atoms with E-state index in [1.807, 2.05) is 6.92 Å². The Bertz CT molecular complexity index is 585. The quantitative estimate of drug-likeness (QED) is 0.154. The monoisotopic (exact) mass is 421 g/mol. The summed E-state index contributed by atoms with van der Waals surface area (Å²) < 4.78 is 15.2. The molecule has 168 valence electrons. The van der Waals surface area contributed by atoms with Crippen molar-refractivity contribution in [2.75, 3.05) is 32.8 Å². The van der Waals surface area contributed by atoms with E-state index in [4.69, 9.17) is 14.2 Å². The van der Waals surface area contributed by atoms with E-state index in [1.165, 1.54) is 11.6 Å². The smallest absolute Gasteiger partial charge is 0.330 e. The number of allylic oxidation sites excluding steroid dienone is 2. The van der Waals surface area contributed by atoms with Crippen LogP contribution in [-0.2, 0) is 28.6 Å². The normalized spacial score (nSPS) is 12.0. The van der Waals surface area contributed by atoms with Gasteiger partial charge in [0.2, 0.25) is 0 Å². The average Bonchev–Trinajstić information content (AvgIpc) is 2.72. The Morgan fingerprint density at radius 2 is 1.43 bits per heavy atom. The number of carbonyl (C=O) groups excluding carboxylic acids is 3. The summed E-state index contributed by atoms with van der Waals surface area (Å²) in [4.78, 5) is 35.6. The van der Waals surface area contributed by atoms with Gasteiger partial charge in [0.05, 0.1) is 6.10 Å². The minimum absolute atomic E-state index is 0.147. The number of hydrogen-bond acceptors (Lipinski definition) is 7. The van der Waals surface area contributed by atoms with Crippen molar-refractivity contribution in [1.82, 2.24) is 4.90 Å². The largest absolute Gasteiger partial charge is 0.461 e. The highest BCUT2D eigenvalue weighted by Crippen LogP contribution is 2.10. The highest BCUT2D eigenvalue weighted by atomic mass is 16.5. The first-order valence-electron chi connectivity index (χ1n) is 10.1. The second-order valence-corrected chi connectivity index (χ2v) is 6.77. The highest BCUT2D eigenvalue weighted by Gasteiger charge is 2.08. The Balaban J connectivity index is 4.33. The van der Waals surface area contributed by atoms with Crippen LogP contribution in [0.3, 0.4) is 0 Å². The first-order chi connectivity index (χ1) is 14.3.